The third-order valence-corrected chi connectivity index (χ3v) is 9.71. The fourth-order valence-electron chi connectivity index (χ4n) is 2.60. The lowest BCUT2D eigenvalue weighted by Gasteiger charge is -2.22. The van der Waals surface area contributed by atoms with Gasteiger partial charge in [-0.05, 0) is 48.5 Å². The summed E-state index contributed by atoms with van der Waals surface area (Å²) in [5, 5.41) is 0. The predicted octanol–water partition coefficient (Wildman–Crippen LogP) is 4.38. The second-order valence-electron chi connectivity index (χ2n) is 6.25. The van der Waals surface area contributed by atoms with Crippen LogP contribution >= 0.6 is 11.8 Å². The molecule has 0 saturated carbocycles. The second-order valence-corrected chi connectivity index (χ2v) is 11.2. The highest BCUT2D eigenvalue weighted by Crippen LogP contribution is 2.30. The molecule has 31 heavy (non-hydrogen) atoms. The van der Waals surface area contributed by atoms with Crippen molar-refractivity contribution in [3.8, 4) is 5.75 Å². The maximum absolute atomic E-state index is 13.2. The molecule has 0 bridgehead atoms. The summed E-state index contributed by atoms with van der Waals surface area (Å²) in [5.41, 5.74) is 0. The fraction of sp³-hybridized carbons (Fsp3) is 0.0909. The summed E-state index contributed by atoms with van der Waals surface area (Å²) >= 11 is 1.10. The van der Waals surface area contributed by atoms with Crippen LogP contribution in [0.15, 0.2) is 112 Å². The molecule has 0 aliphatic heterocycles. The van der Waals surface area contributed by atoms with E-state index in [-0.39, 0.29) is 15.7 Å². The molecule has 0 fully saturated rings. The highest BCUT2D eigenvalue weighted by Gasteiger charge is 2.36. The molecule has 0 aliphatic carbocycles. The Kier molecular flexibility index (Phi) is 7.55. The number of rotatable bonds is 10. The summed E-state index contributed by atoms with van der Waals surface area (Å²) in [5.74, 6) is 0.316. The zero-order valence-corrected chi connectivity index (χ0v) is 18.9. The number of hydrogen-bond acceptors (Lipinski definition) is 6. The highest BCUT2D eigenvalue weighted by atomic mass is 32.3. The van der Waals surface area contributed by atoms with Gasteiger partial charge in [0.15, 0.2) is 0 Å². The molecular formula is C22H21NO5S3. The maximum atomic E-state index is 13.2. The molecule has 0 heterocycles. The van der Waals surface area contributed by atoms with Gasteiger partial charge in [-0.1, -0.05) is 52.8 Å². The number of benzene rings is 3. The van der Waals surface area contributed by atoms with E-state index in [9.17, 15) is 16.8 Å². The van der Waals surface area contributed by atoms with Crippen molar-refractivity contribution in [3.63, 3.8) is 0 Å². The SMILES string of the molecule is C=CCOc1ccc(SCN(S(=O)(=O)c2ccccc2)S(=O)(=O)c2ccccc2)cc1. The first-order chi connectivity index (χ1) is 14.9. The van der Waals surface area contributed by atoms with Crippen LogP contribution in [0.25, 0.3) is 0 Å². The van der Waals surface area contributed by atoms with E-state index in [1.165, 1.54) is 24.3 Å². The van der Waals surface area contributed by atoms with Crippen molar-refractivity contribution in [2.24, 2.45) is 0 Å². The summed E-state index contributed by atoms with van der Waals surface area (Å²) in [4.78, 5) is 0.508. The van der Waals surface area contributed by atoms with Crippen molar-refractivity contribution in [2.75, 3.05) is 12.5 Å². The van der Waals surface area contributed by atoms with Gasteiger partial charge >= 0.3 is 0 Å². The van der Waals surface area contributed by atoms with Gasteiger partial charge in [-0.25, -0.2) is 16.8 Å². The normalized spacial score (nSPS) is 11.9. The molecule has 162 valence electrons. The van der Waals surface area contributed by atoms with Crippen LogP contribution in [0.4, 0.5) is 0 Å². The Morgan fingerprint density at radius 2 is 1.26 bits per heavy atom. The molecule has 0 spiro atoms. The Morgan fingerprint density at radius 3 is 1.71 bits per heavy atom. The molecule has 0 saturated heterocycles. The minimum atomic E-state index is -4.31. The zero-order valence-electron chi connectivity index (χ0n) is 16.5. The monoisotopic (exact) mass is 475 g/mol. The molecule has 3 aromatic carbocycles. The molecule has 0 N–H and O–H groups in total. The van der Waals surface area contributed by atoms with E-state index in [4.69, 9.17) is 4.74 Å². The van der Waals surface area contributed by atoms with Gasteiger partial charge in [0.2, 0.25) is 0 Å². The van der Waals surface area contributed by atoms with Crippen molar-refractivity contribution < 1.29 is 21.6 Å². The molecule has 9 heteroatoms. The molecule has 6 nitrogen and oxygen atoms in total. The van der Waals surface area contributed by atoms with Gasteiger partial charge in [-0.2, -0.15) is 0 Å². The van der Waals surface area contributed by atoms with Gasteiger partial charge in [0.25, 0.3) is 20.0 Å². The minimum Gasteiger partial charge on any atom is -0.490 e. The molecule has 0 aromatic heterocycles. The summed E-state index contributed by atoms with van der Waals surface area (Å²) < 4.78 is 59.0. The van der Waals surface area contributed by atoms with Crippen molar-refractivity contribution in [3.05, 3.63) is 97.6 Å². The van der Waals surface area contributed by atoms with Gasteiger partial charge in [0.05, 0.1) is 15.7 Å². The molecule has 0 atom stereocenters. The third-order valence-electron chi connectivity index (χ3n) is 4.15. The van der Waals surface area contributed by atoms with Crippen LogP contribution in [0.2, 0.25) is 0 Å². The molecular weight excluding hydrogens is 454 g/mol. The molecule has 0 unspecified atom stereocenters. The van der Waals surface area contributed by atoms with E-state index in [1.54, 1.807) is 66.7 Å². The zero-order chi connectivity index (χ0) is 22.3. The predicted molar refractivity (Wildman–Crippen MR) is 122 cm³/mol. The number of sulfonamides is 2. The van der Waals surface area contributed by atoms with Crippen molar-refractivity contribution in [2.45, 2.75) is 14.7 Å². The second kappa shape index (κ2) is 10.1. The maximum Gasteiger partial charge on any atom is 0.257 e. The van der Waals surface area contributed by atoms with Crippen molar-refractivity contribution in [1.29, 1.82) is 0 Å². The quantitative estimate of drug-likeness (QED) is 0.246. The Labute approximate surface area is 187 Å². The summed E-state index contributed by atoms with van der Waals surface area (Å²) in [6.07, 6.45) is 1.63. The van der Waals surface area contributed by atoms with Crippen LogP contribution in [0.1, 0.15) is 0 Å². The van der Waals surface area contributed by atoms with Crippen LogP contribution in [-0.2, 0) is 20.0 Å². The van der Waals surface area contributed by atoms with Crippen molar-refractivity contribution in [1.82, 2.24) is 3.71 Å². The van der Waals surface area contributed by atoms with Gasteiger partial charge < -0.3 is 4.74 Å². The number of hydrogen-bond donors (Lipinski definition) is 0. The van der Waals surface area contributed by atoms with E-state index < -0.39 is 20.0 Å². The standard InChI is InChI=1S/C22H21NO5S3/c1-2-17-28-19-13-15-20(16-14-19)29-18-23(30(24,25)21-9-5-3-6-10-21)31(26,27)22-11-7-4-8-12-22/h2-16H,1,17-18H2. The minimum absolute atomic E-state index is 0.0942. The molecule has 0 aliphatic rings. The van der Waals surface area contributed by atoms with Crippen LogP contribution in [0, 0.1) is 0 Å². The van der Waals surface area contributed by atoms with Crippen LogP contribution in [-0.4, -0.2) is 33.0 Å². The first-order valence-electron chi connectivity index (χ1n) is 9.20. The smallest absolute Gasteiger partial charge is 0.257 e. The van der Waals surface area contributed by atoms with E-state index in [2.05, 4.69) is 6.58 Å². The van der Waals surface area contributed by atoms with E-state index in [1.807, 2.05) is 0 Å². The lowest BCUT2D eigenvalue weighted by molar-refractivity contribution is 0.363. The lowest BCUT2D eigenvalue weighted by atomic mass is 10.3. The average Bonchev–Trinajstić information content (AvgIpc) is 2.79. The Hall–Kier alpha value is -2.59. The van der Waals surface area contributed by atoms with E-state index in [0.717, 1.165) is 11.8 Å². The topological polar surface area (TPSA) is 80.8 Å². The van der Waals surface area contributed by atoms with Crippen molar-refractivity contribution >= 4 is 31.8 Å². The van der Waals surface area contributed by atoms with Crippen LogP contribution in [0.3, 0.4) is 0 Å². The Bertz CT molecular complexity index is 1140. The van der Waals surface area contributed by atoms with Gasteiger partial charge in [0.1, 0.15) is 12.4 Å². The van der Waals surface area contributed by atoms with E-state index in [0.29, 0.717) is 21.0 Å². The largest absolute Gasteiger partial charge is 0.490 e. The van der Waals surface area contributed by atoms with Gasteiger partial charge in [-0.3, -0.25) is 0 Å². The summed E-state index contributed by atoms with van der Waals surface area (Å²) in [7, 11) is -8.62. The van der Waals surface area contributed by atoms with Crippen LogP contribution < -0.4 is 4.74 Å². The fourth-order valence-corrected chi connectivity index (χ4v) is 7.63. The molecule has 3 rings (SSSR count). The van der Waals surface area contributed by atoms with Gasteiger partial charge in [-0.15, -0.1) is 11.8 Å². The number of ether oxygens (including phenoxy) is 1. The molecule has 0 radical (unpaired) electrons. The van der Waals surface area contributed by atoms with Gasteiger partial charge in [0, 0.05) is 4.90 Å². The van der Waals surface area contributed by atoms with E-state index >= 15 is 0 Å². The summed E-state index contributed by atoms with van der Waals surface area (Å²) in [6.45, 7) is 3.96. The first-order valence-corrected chi connectivity index (χ1v) is 13.1. The summed E-state index contributed by atoms with van der Waals surface area (Å²) in [6, 6.07) is 22.0. The lowest BCUT2D eigenvalue weighted by Crippen LogP contribution is -2.36. The highest BCUT2D eigenvalue weighted by molar-refractivity contribution is 8.06. The molecule has 3 aromatic rings. The number of thioether (sulfide) groups is 1. The Morgan fingerprint density at radius 1 is 0.774 bits per heavy atom. The number of nitrogens with zero attached hydrogens (tertiary/aromatic N) is 1. The van der Waals surface area contributed by atoms with Crippen LogP contribution in [0.5, 0.6) is 5.75 Å². The third kappa shape index (κ3) is 5.56. The average molecular weight is 476 g/mol. The molecule has 0 amide bonds. The Balaban J connectivity index is 1.92. The first kappa shape index (κ1) is 23.1.